The van der Waals surface area contributed by atoms with Crippen molar-refractivity contribution in [1.29, 1.82) is 10.5 Å². The van der Waals surface area contributed by atoms with E-state index in [0.29, 0.717) is 0 Å². The molecule has 0 radical (unpaired) electrons. The molecule has 0 amide bonds. The quantitative estimate of drug-likeness (QED) is 0.646. The van der Waals surface area contributed by atoms with E-state index in [1.807, 2.05) is 0 Å². The van der Waals surface area contributed by atoms with Gasteiger partial charge in [-0.3, -0.25) is 0 Å². The van der Waals surface area contributed by atoms with E-state index in [0.717, 1.165) is 0 Å². The fourth-order valence-corrected chi connectivity index (χ4v) is 0. The Balaban J connectivity index is -0.0000000600. The molecule has 0 heterocycles. The van der Waals surface area contributed by atoms with Gasteiger partial charge in [0.1, 0.15) is 0 Å². The van der Waals surface area contributed by atoms with Gasteiger partial charge in [-0.25, -0.2) is 0 Å². The molecule has 0 saturated heterocycles. The summed E-state index contributed by atoms with van der Waals surface area (Å²) in [4.78, 5) is 0. The monoisotopic (exact) mass is 298 g/mol. The number of hydrogen-bond acceptors (Lipinski definition) is 2. The Morgan fingerprint density at radius 3 is 1.11 bits per heavy atom. The predicted molar refractivity (Wildman–Crippen MR) is 40.4 cm³/mol. The van der Waals surface area contributed by atoms with Crippen LogP contribution in [0.4, 0.5) is 0 Å². The van der Waals surface area contributed by atoms with Crippen LogP contribution in [-0.4, -0.2) is 0 Å². The zero-order valence-corrected chi connectivity index (χ0v) is 9.13. The summed E-state index contributed by atoms with van der Waals surface area (Å²) in [6.45, 7) is 2.86. The second-order valence-electron chi connectivity index (χ2n) is 0.492. The van der Waals surface area contributed by atoms with Crippen LogP contribution in [0, 0.1) is 22.7 Å². The first kappa shape index (κ1) is 16.2. The van der Waals surface area contributed by atoms with Crippen molar-refractivity contribution in [1.82, 2.24) is 0 Å². The SMILES string of the molecule is CC#N.CC#N.[Br][Ni][Br]. The third-order valence-corrected chi connectivity index (χ3v) is 0. The molecule has 5 heteroatoms. The van der Waals surface area contributed by atoms with Gasteiger partial charge in [-0.15, -0.1) is 0 Å². The molecule has 56 valence electrons. The average Bonchev–Trinajstić information content (AvgIpc) is 1.70. The number of halogens is 2. The van der Waals surface area contributed by atoms with Crippen molar-refractivity contribution in [3.8, 4) is 12.1 Å². The Hall–Kier alpha value is 0.434. The van der Waals surface area contributed by atoms with E-state index in [-0.39, 0.29) is 0 Å². The second-order valence-corrected chi connectivity index (χ2v) is 5.48. The van der Waals surface area contributed by atoms with Gasteiger partial charge in [0.25, 0.3) is 0 Å². The molecule has 0 rings (SSSR count). The van der Waals surface area contributed by atoms with Gasteiger partial charge in [0.2, 0.25) is 0 Å². The molecule has 0 aliphatic heterocycles. The Morgan fingerprint density at radius 1 is 1.11 bits per heavy atom. The van der Waals surface area contributed by atoms with Crippen LogP contribution in [-0.2, 0) is 10.9 Å². The van der Waals surface area contributed by atoms with E-state index in [4.69, 9.17) is 10.5 Å². The summed E-state index contributed by atoms with van der Waals surface area (Å²) in [7, 11) is 1.25. The van der Waals surface area contributed by atoms with Crippen LogP contribution < -0.4 is 0 Å². The normalized spacial score (nSPS) is 4.22. The van der Waals surface area contributed by atoms with Crippen molar-refractivity contribution >= 4 is 28.5 Å². The van der Waals surface area contributed by atoms with Gasteiger partial charge < -0.3 is 0 Å². The summed E-state index contributed by atoms with van der Waals surface area (Å²) >= 11 is 6.00. The molecule has 0 atom stereocenters. The van der Waals surface area contributed by atoms with Crippen LogP contribution in [0.5, 0.6) is 0 Å². The maximum absolute atomic E-state index is 7.32. The zero-order valence-electron chi connectivity index (χ0n) is 4.97. The topological polar surface area (TPSA) is 47.6 Å². The number of nitrogens with zero attached hydrogens (tertiary/aromatic N) is 2. The van der Waals surface area contributed by atoms with E-state index in [2.05, 4.69) is 28.5 Å². The molecule has 0 aliphatic rings. The van der Waals surface area contributed by atoms with Crippen LogP contribution in [0.2, 0.25) is 0 Å². The first-order valence-electron chi connectivity index (χ1n) is 1.69. The minimum atomic E-state index is 1.25. The third kappa shape index (κ3) is 1860. The van der Waals surface area contributed by atoms with Crippen molar-refractivity contribution < 1.29 is 10.9 Å². The Kier molecular flexibility index (Phi) is 71.2. The van der Waals surface area contributed by atoms with Gasteiger partial charge in [-0.2, -0.15) is 10.5 Å². The molecule has 9 heavy (non-hydrogen) atoms. The first-order chi connectivity index (χ1) is 4.24. The average molecular weight is 301 g/mol. The van der Waals surface area contributed by atoms with Crippen molar-refractivity contribution in [3.05, 3.63) is 0 Å². The molecular formula is C4H6Br2N2Ni. The van der Waals surface area contributed by atoms with Gasteiger partial charge in [-0.05, 0) is 0 Å². The van der Waals surface area contributed by atoms with Crippen molar-refractivity contribution in [2.75, 3.05) is 0 Å². The molecule has 0 aromatic rings. The maximum atomic E-state index is 7.32. The summed E-state index contributed by atoms with van der Waals surface area (Å²) in [5.41, 5.74) is 0. The standard InChI is InChI=1S/2C2H3N.2BrH.Ni/c2*1-2-3;;;/h2*1H3;2*1H;/q;;;;+2/p-2. The molecule has 0 aromatic heterocycles. The molecule has 0 aliphatic carbocycles. The molecule has 0 saturated carbocycles. The molecule has 0 unspecified atom stereocenters. The van der Waals surface area contributed by atoms with E-state index >= 15 is 0 Å². The Morgan fingerprint density at radius 2 is 1.11 bits per heavy atom. The summed E-state index contributed by atoms with van der Waals surface area (Å²) in [6.07, 6.45) is 0. The first-order valence-corrected chi connectivity index (χ1v) is 6.57. The van der Waals surface area contributed by atoms with E-state index in [1.54, 1.807) is 12.1 Å². The third-order valence-electron chi connectivity index (χ3n) is 0. The Labute approximate surface area is 75.6 Å². The predicted octanol–water partition coefficient (Wildman–Crippen LogP) is 2.75. The van der Waals surface area contributed by atoms with Crippen LogP contribution in [0.3, 0.4) is 0 Å². The van der Waals surface area contributed by atoms with Gasteiger partial charge >= 0.3 is 39.3 Å². The van der Waals surface area contributed by atoms with Gasteiger partial charge in [0, 0.05) is 13.8 Å². The summed E-state index contributed by atoms with van der Waals surface area (Å²) < 4.78 is 0. The molecule has 0 bridgehead atoms. The van der Waals surface area contributed by atoms with Crippen molar-refractivity contribution in [3.63, 3.8) is 0 Å². The van der Waals surface area contributed by atoms with E-state index in [9.17, 15) is 0 Å². The molecular weight excluding hydrogens is 295 g/mol. The van der Waals surface area contributed by atoms with Crippen LogP contribution in [0.25, 0.3) is 0 Å². The fourth-order valence-electron chi connectivity index (χ4n) is 0. The van der Waals surface area contributed by atoms with Crippen LogP contribution >= 0.6 is 28.5 Å². The molecule has 2 nitrogen and oxygen atoms in total. The Bertz CT molecular complexity index is 81.7. The van der Waals surface area contributed by atoms with Crippen molar-refractivity contribution in [2.24, 2.45) is 0 Å². The van der Waals surface area contributed by atoms with Crippen molar-refractivity contribution in [2.45, 2.75) is 13.8 Å². The summed E-state index contributed by atoms with van der Waals surface area (Å²) in [5.74, 6) is 0. The number of nitriles is 2. The molecule has 0 N–H and O–H groups in total. The van der Waals surface area contributed by atoms with E-state index in [1.165, 1.54) is 24.7 Å². The van der Waals surface area contributed by atoms with Crippen LogP contribution in [0.1, 0.15) is 13.8 Å². The van der Waals surface area contributed by atoms with Gasteiger partial charge in [0.15, 0.2) is 0 Å². The zero-order chi connectivity index (χ0) is 8.12. The minimum absolute atomic E-state index is 1.25. The summed E-state index contributed by atoms with van der Waals surface area (Å²) in [6, 6.07) is 3.50. The second kappa shape index (κ2) is 39.5. The van der Waals surface area contributed by atoms with E-state index < -0.39 is 0 Å². The molecule has 0 spiro atoms. The number of hydrogen-bond donors (Lipinski definition) is 0. The summed E-state index contributed by atoms with van der Waals surface area (Å²) in [5, 5.41) is 14.6. The number of rotatable bonds is 0. The van der Waals surface area contributed by atoms with Crippen LogP contribution in [0.15, 0.2) is 0 Å². The molecule has 0 fully saturated rings. The van der Waals surface area contributed by atoms with Gasteiger partial charge in [0.05, 0.1) is 12.1 Å². The van der Waals surface area contributed by atoms with Gasteiger partial charge in [-0.1, -0.05) is 0 Å². The molecule has 0 aromatic carbocycles. The fraction of sp³-hybridized carbons (Fsp3) is 0.500.